The van der Waals surface area contributed by atoms with Crippen molar-refractivity contribution in [1.29, 1.82) is 0 Å². The molecule has 0 aliphatic heterocycles. The Labute approximate surface area is 81.8 Å². The highest BCUT2D eigenvalue weighted by Gasteiger charge is 1.91. The van der Waals surface area contributed by atoms with E-state index in [1.165, 1.54) is 0 Å². The molecule has 0 radical (unpaired) electrons. The monoisotopic (exact) mass is 312 g/mol. The van der Waals surface area contributed by atoms with Gasteiger partial charge in [-0.05, 0) is 40.8 Å². The van der Waals surface area contributed by atoms with Gasteiger partial charge in [0.1, 0.15) is 5.76 Å². The Hall–Kier alpha value is 0.230. The molecule has 10 heavy (non-hydrogen) atoms. The van der Waals surface area contributed by atoms with E-state index < -0.39 is 0 Å². The van der Waals surface area contributed by atoms with E-state index in [1.807, 2.05) is 24.3 Å². The Morgan fingerprint density at radius 2 is 2.40 bits per heavy atom. The van der Waals surface area contributed by atoms with Gasteiger partial charge in [0.05, 0.1) is 0 Å². The number of rotatable bonds is 2. The van der Waals surface area contributed by atoms with Crippen LogP contribution in [-0.2, 0) is 0 Å². The molecule has 0 aliphatic carbocycles. The second-order valence-electron chi connectivity index (χ2n) is 1.70. The molecular formula is C7H6BrIO. The minimum atomic E-state index is 0.865. The minimum Gasteiger partial charge on any atom is -0.451 e. The first-order valence-electron chi connectivity index (χ1n) is 2.81. The first kappa shape index (κ1) is 8.33. The summed E-state index contributed by atoms with van der Waals surface area (Å²) in [5, 5.41) is 0.865. The first-order chi connectivity index (χ1) is 4.83. The van der Waals surface area contributed by atoms with Crippen LogP contribution in [0.1, 0.15) is 5.76 Å². The number of hydrogen-bond acceptors (Lipinski definition) is 1. The molecule has 54 valence electrons. The van der Waals surface area contributed by atoms with Crippen molar-refractivity contribution in [2.24, 2.45) is 0 Å². The lowest BCUT2D eigenvalue weighted by molar-refractivity contribution is 0.528. The van der Waals surface area contributed by atoms with Gasteiger partial charge in [-0.15, -0.1) is 0 Å². The summed E-state index contributed by atoms with van der Waals surface area (Å²) < 4.78 is 6.19. The summed E-state index contributed by atoms with van der Waals surface area (Å²) in [4.78, 5) is 0. The maximum Gasteiger partial charge on any atom is 0.164 e. The lowest BCUT2D eigenvalue weighted by Gasteiger charge is -1.80. The molecule has 0 spiro atoms. The molecule has 1 aromatic heterocycles. The Morgan fingerprint density at radius 1 is 1.60 bits per heavy atom. The van der Waals surface area contributed by atoms with Crippen molar-refractivity contribution in [3.05, 3.63) is 27.7 Å². The summed E-state index contributed by atoms with van der Waals surface area (Å²) in [5.74, 6) is 0.906. The topological polar surface area (TPSA) is 13.1 Å². The van der Waals surface area contributed by atoms with E-state index in [1.54, 1.807) is 0 Å². The summed E-state index contributed by atoms with van der Waals surface area (Å²) in [5.41, 5.74) is 0. The molecule has 3 heteroatoms. The third-order valence-electron chi connectivity index (χ3n) is 0.965. The van der Waals surface area contributed by atoms with Gasteiger partial charge in [-0.2, -0.15) is 0 Å². The van der Waals surface area contributed by atoms with E-state index in [4.69, 9.17) is 4.42 Å². The first-order valence-corrected chi connectivity index (χ1v) is 5.01. The fraction of sp³-hybridized carbons (Fsp3) is 0.143. The van der Waals surface area contributed by atoms with Crippen LogP contribution in [0, 0.1) is 3.77 Å². The summed E-state index contributed by atoms with van der Waals surface area (Å²) in [7, 11) is 0. The van der Waals surface area contributed by atoms with Crippen LogP contribution in [0.15, 0.2) is 22.6 Å². The molecule has 0 fully saturated rings. The Balaban J connectivity index is 2.67. The van der Waals surface area contributed by atoms with E-state index in [2.05, 4.69) is 38.5 Å². The molecule has 0 amide bonds. The summed E-state index contributed by atoms with van der Waals surface area (Å²) in [6.45, 7) is 0. The third kappa shape index (κ3) is 2.46. The van der Waals surface area contributed by atoms with Crippen LogP contribution in [-0.4, -0.2) is 5.33 Å². The van der Waals surface area contributed by atoms with Gasteiger partial charge >= 0.3 is 0 Å². The van der Waals surface area contributed by atoms with E-state index in [9.17, 15) is 0 Å². The average molecular weight is 313 g/mol. The smallest absolute Gasteiger partial charge is 0.164 e. The quantitative estimate of drug-likeness (QED) is 0.603. The van der Waals surface area contributed by atoms with E-state index >= 15 is 0 Å². The third-order valence-corrected chi connectivity index (χ3v) is 1.92. The van der Waals surface area contributed by atoms with Crippen molar-refractivity contribution >= 4 is 44.6 Å². The Kier molecular flexibility index (Phi) is 3.48. The van der Waals surface area contributed by atoms with Gasteiger partial charge in [0.25, 0.3) is 0 Å². The van der Waals surface area contributed by atoms with Gasteiger partial charge in [0, 0.05) is 5.33 Å². The number of halogens is 2. The van der Waals surface area contributed by atoms with E-state index in [0.29, 0.717) is 0 Å². The van der Waals surface area contributed by atoms with Crippen molar-refractivity contribution in [3.8, 4) is 0 Å². The highest BCUT2D eigenvalue weighted by Crippen LogP contribution is 2.11. The second kappa shape index (κ2) is 4.18. The molecule has 0 bridgehead atoms. The van der Waals surface area contributed by atoms with Crippen LogP contribution >= 0.6 is 38.5 Å². The molecule has 0 unspecified atom stereocenters. The lowest BCUT2D eigenvalue weighted by Crippen LogP contribution is -1.61. The molecule has 0 N–H and O–H groups in total. The van der Waals surface area contributed by atoms with Gasteiger partial charge in [0.15, 0.2) is 3.77 Å². The minimum absolute atomic E-state index is 0.865. The molecule has 0 aliphatic rings. The molecule has 0 saturated heterocycles. The van der Waals surface area contributed by atoms with Crippen molar-refractivity contribution in [1.82, 2.24) is 0 Å². The molecule has 0 aromatic carbocycles. The summed E-state index contributed by atoms with van der Waals surface area (Å²) >= 11 is 5.42. The van der Waals surface area contributed by atoms with Crippen LogP contribution in [0.5, 0.6) is 0 Å². The zero-order valence-corrected chi connectivity index (χ0v) is 8.92. The maximum absolute atomic E-state index is 5.26. The van der Waals surface area contributed by atoms with Crippen molar-refractivity contribution in [2.75, 3.05) is 5.33 Å². The number of alkyl halides is 1. The molecular weight excluding hydrogens is 307 g/mol. The standard InChI is InChI=1S/C7H6BrIO/c8-5-1-2-6-3-4-7(9)10-6/h1-4H,5H2. The Morgan fingerprint density at radius 3 is 2.90 bits per heavy atom. The van der Waals surface area contributed by atoms with Crippen molar-refractivity contribution < 1.29 is 4.42 Å². The van der Waals surface area contributed by atoms with Gasteiger partial charge in [-0.1, -0.05) is 22.0 Å². The molecule has 0 saturated carbocycles. The number of hydrogen-bond donors (Lipinski definition) is 0. The summed E-state index contributed by atoms with van der Waals surface area (Å²) in [6, 6.07) is 3.88. The van der Waals surface area contributed by atoms with Crippen molar-refractivity contribution in [3.63, 3.8) is 0 Å². The average Bonchev–Trinajstić information content (AvgIpc) is 2.31. The molecule has 1 rings (SSSR count). The zero-order chi connectivity index (χ0) is 7.40. The fourth-order valence-electron chi connectivity index (χ4n) is 0.579. The summed E-state index contributed by atoms with van der Waals surface area (Å²) in [6.07, 6.45) is 3.94. The zero-order valence-electron chi connectivity index (χ0n) is 5.18. The molecule has 0 atom stereocenters. The largest absolute Gasteiger partial charge is 0.451 e. The van der Waals surface area contributed by atoms with Gasteiger partial charge in [-0.3, -0.25) is 0 Å². The van der Waals surface area contributed by atoms with Crippen LogP contribution in [0.3, 0.4) is 0 Å². The lowest BCUT2D eigenvalue weighted by atomic mass is 10.4. The number of furan rings is 1. The van der Waals surface area contributed by atoms with Crippen LogP contribution in [0.4, 0.5) is 0 Å². The number of allylic oxidation sites excluding steroid dienone is 1. The predicted octanol–water partition coefficient (Wildman–Crippen LogP) is 3.29. The normalized spacial score (nSPS) is 11.0. The SMILES string of the molecule is BrCC=Cc1ccc(I)o1. The molecule has 1 heterocycles. The van der Waals surface area contributed by atoms with E-state index in [-0.39, 0.29) is 0 Å². The fourth-order valence-corrected chi connectivity index (χ4v) is 1.20. The Bertz CT molecular complexity index is 229. The predicted molar refractivity (Wildman–Crippen MR) is 54.3 cm³/mol. The van der Waals surface area contributed by atoms with Crippen LogP contribution < -0.4 is 0 Å². The van der Waals surface area contributed by atoms with Gasteiger partial charge in [-0.25, -0.2) is 0 Å². The second-order valence-corrected chi connectivity index (χ2v) is 3.41. The van der Waals surface area contributed by atoms with Crippen LogP contribution in [0.25, 0.3) is 6.08 Å². The van der Waals surface area contributed by atoms with E-state index in [0.717, 1.165) is 14.9 Å². The van der Waals surface area contributed by atoms with Gasteiger partial charge < -0.3 is 4.42 Å². The highest BCUT2D eigenvalue weighted by atomic mass is 127. The molecule has 1 aromatic rings. The van der Waals surface area contributed by atoms with Crippen LogP contribution in [0.2, 0.25) is 0 Å². The molecule has 1 nitrogen and oxygen atoms in total. The highest BCUT2D eigenvalue weighted by molar-refractivity contribution is 14.1. The van der Waals surface area contributed by atoms with Gasteiger partial charge in [0.2, 0.25) is 0 Å². The maximum atomic E-state index is 5.26. The van der Waals surface area contributed by atoms with Crippen molar-refractivity contribution in [2.45, 2.75) is 0 Å².